The van der Waals surface area contributed by atoms with Crippen LogP contribution in [0.1, 0.15) is 23.7 Å². The van der Waals surface area contributed by atoms with Crippen LogP contribution >= 0.6 is 23.2 Å². The number of hydrogen-bond acceptors (Lipinski definition) is 2. The largest absolute Gasteiger partial charge is 0.507 e. The minimum atomic E-state index is -0.305. The number of rotatable bonds is 5. The number of nitrogens with one attached hydrogen (secondary N) is 1. The van der Waals surface area contributed by atoms with E-state index >= 15 is 0 Å². The van der Waals surface area contributed by atoms with Crippen molar-refractivity contribution in [2.75, 3.05) is 12.4 Å². The highest BCUT2D eigenvalue weighted by Crippen LogP contribution is 2.21. The lowest BCUT2D eigenvalue weighted by Crippen LogP contribution is -2.28. The molecule has 0 radical (unpaired) electrons. The topological polar surface area (TPSA) is 49.3 Å². The lowest BCUT2D eigenvalue weighted by atomic mass is 10.1. The van der Waals surface area contributed by atoms with Gasteiger partial charge < -0.3 is 10.4 Å². The van der Waals surface area contributed by atoms with Gasteiger partial charge in [0.1, 0.15) is 5.75 Å². The molecule has 5 heteroatoms. The molecule has 1 aromatic carbocycles. The maximum Gasteiger partial charge on any atom is 0.255 e. The summed E-state index contributed by atoms with van der Waals surface area (Å²) in [5.41, 5.74) is 0.229. The van der Waals surface area contributed by atoms with E-state index in [9.17, 15) is 9.90 Å². The average Bonchev–Trinajstić information content (AvgIpc) is 2.26. The van der Waals surface area contributed by atoms with Crippen LogP contribution in [0, 0.1) is 5.92 Å². The van der Waals surface area contributed by atoms with E-state index in [0.29, 0.717) is 23.4 Å². The third kappa shape index (κ3) is 4.44. The van der Waals surface area contributed by atoms with Crippen LogP contribution in [-0.2, 0) is 0 Å². The molecule has 1 atom stereocenters. The van der Waals surface area contributed by atoms with Crippen LogP contribution < -0.4 is 5.32 Å². The molecule has 3 nitrogen and oxygen atoms in total. The Labute approximate surface area is 111 Å². The molecule has 1 unspecified atom stereocenters. The van der Waals surface area contributed by atoms with Crippen LogP contribution in [0.3, 0.4) is 0 Å². The summed E-state index contributed by atoms with van der Waals surface area (Å²) >= 11 is 11.3. The predicted octanol–water partition coefficient (Wildman–Crippen LogP) is 3.04. The molecule has 0 aliphatic heterocycles. The Morgan fingerprint density at radius 1 is 1.53 bits per heavy atom. The third-order valence-corrected chi connectivity index (χ3v) is 2.87. The second-order valence-electron chi connectivity index (χ2n) is 3.95. The summed E-state index contributed by atoms with van der Waals surface area (Å²) in [6, 6.07) is 4.41. The highest BCUT2D eigenvalue weighted by molar-refractivity contribution is 6.30. The second-order valence-corrected chi connectivity index (χ2v) is 4.77. The normalized spacial score (nSPS) is 12.2. The Balaban J connectivity index is 2.58. The molecule has 2 N–H and O–H groups in total. The maximum absolute atomic E-state index is 11.7. The molecule has 0 saturated carbocycles. The number of alkyl halides is 1. The SMILES string of the molecule is CC(CCCl)CNC(=O)c1ccc(Cl)cc1O. The fourth-order valence-corrected chi connectivity index (χ4v) is 1.89. The zero-order valence-electron chi connectivity index (χ0n) is 9.54. The van der Waals surface area contributed by atoms with E-state index in [1.807, 2.05) is 6.92 Å². The zero-order chi connectivity index (χ0) is 12.8. The molecule has 0 fully saturated rings. The van der Waals surface area contributed by atoms with Crippen molar-refractivity contribution in [3.05, 3.63) is 28.8 Å². The van der Waals surface area contributed by atoms with Crippen molar-refractivity contribution in [2.45, 2.75) is 13.3 Å². The first-order valence-corrected chi connectivity index (χ1v) is 6.28. The van der Waals surface area contributed by atoms with Crippen molar-refractivity contribution in [3.63, 3.8) is 0 Å². The van der Waals surface area contributed by atoms with E-state index in [2.05, 4.69) is 5.32 Å². The summed E-state index contributed by atoms with van der Waals surface area (Å²) in [6.45, 7) is 2.54. The fourth-order valence-electron chi connectivity index (χ4n) is 1.35. The first kappa shape index (κ1) is 14.1. The van der Waals surface area contributed by atoms with Crippen LogP contribution in [0.4, 0.5) is 0 Å². The van der Waals surface area contributed by atoms with E-state index in [1.54, 1.807) is 6.07 Å². The van der Waals surface area contributed by atoms with E-state index < -0.39 is 0 Å². The van der Waals surface area contributed by atoms with Crippen LogP contribution in [-0.4, -0.2) is 23.4 Å². The van der Waals surface area contributed by atoms with Gasteiger partial charge in [-0.1, -0.05) is 18.5 Å². The highest BCUT2D eigenvalue weighted by Gasteiger charge is 2.12. The Morgan fingerprint density at radius 2 is 2.24 bits per heavy atom. The molecule has 0 aromatic heterocycles. The van der Waals surface area contributed by atoms with E-state index in [4.69, 9.17) is 23.2 Å². The van der Waals surface area contributed by atoms with Gasteiger partial charge in [0.25, 0.3) is 5.91 Å². The molecule has 0 spiro atoms. The monoisotopic (exact) mass is 275 g/mol. The first-order chi connectivity index (χ1) is 8.04. The van der Waals surface area contributed by atoms with Crippen molar-refractivity contribution in [1.29, 1.82) is 0 Å². The minimum absolute atomic E-state index is 0.111. The molecule has 1 aromatic rings. The third-order valence-electron chi connectivity index (χ3n) is 2.42. The molecule has 94 valence electrons. The van der Waals surface area contributed by atoms with Crippen molar-refractivity contribution in [2.24, 2.45) is 5.92 Å². The first-order valence-electron chi connectivity index (χ1n) is 5.37. The van der Waals surface area contributed by atoms with Gasteiger partial charge in [-0.25, -0.2) is 0 Å². The van der Waals surface area contributed by atoms with Gasteiger partial charge in [-0.05, 0) is 30.5 Å². The summed E-state index contributed by atoms with van der Waals surface area (Å²) in [4.78, 5) is 11.7. The molecule has 1 rings (SSSR count). The number of hydrogen-bond donors (Lipinski definition) is 2. The zero-order valence-corrected chi connectivity index (χ0v) is 11.1. The molecule has 0 heterocycles. The van der Waals surface area contributed by atoms with Crippen molar-refractivity contribution in [1.82, 2.24) is 5.32 Å². The molecular weight excluding hydrogens is 261 g/mol. The quantitative estimate of drug-likeness (QED) is 0.812. The van der Waals surface area contributed by atoms with E-state index in [0.717, 1.165) is 6.42 Å². The molecule has 0 aliphatic carbocycles. The van der Waals surface area contributed by atoms with E-state index in [1.165, 1.54) is 12.1 Å². The average molecular weight is 276 g/mol. The van der Waals surface area contributed by atoms with Crippen LogP contribution in [0.5, 0.6) is 5.75 Å². The van der Waals surface area contributed by atoms with Gasteiger partial charge in [0.15, 0.2) is 0 Å². The van der Waals surface area contributed by atoms with Crippen molar-refractivity contribution in [3.8, 4) is 5.75 Å². The number of benzene rings is 1. The summed E-state index contributed by atoms with van der Waals surface area (Å²) in [7, 11) is 0. The smallest absolute Gasteiger partial charge is 0.255 e. The Kier molecular flexibility index (Phi) is 5.59. The van der Waals surface area contributed by atoms with Crippen LogP contribution in [0.15, 0.2) is 18.2 Å². The van der Waals surface area contributed by atoms with Gasteiger partial charge in [-0.2, -0.15) is 0 Å². The standard InChI is InChI=1S/C12H15Cl2NO2/c1-8(4-5-13)7-15-12(17)10-3-2-9(14)6-11(10)16/h2-3,6,8,16H,4-5,7H2,1H3,(H,15,17). The number of phenolic OH excluding ortho intramolecular Hbond substituents is 1. The van der Waals surface area contributed by atoms with Gasteiger partial charge in [-0.3, -0.25) is 4.79 Å². The molecule has 1 amide bonds. The van der Waals surface area contributed by atoms with Gasteiger partial charge in [0, 0.05) is 17.4 Å². The number of aromatic hydroxyl groups is 1. The highest BCUT2D eigenvalue weighted by atomic mass is 35.5. The number of phenols is 1. The van der Waals surface area contributed by atoms with E-state index in [-0.39, 0.29) is 17.2 Å². The maximum atomic E-state index is 11.7. The summed E-state index contributed by atoms with van der Waals surface area (Å²) in [5, 5.41) is 12.7. The summed E-state index contributed by atoms with van der Waals surface area (Å²) in [5.74, 6) is 0.468. The Hall–Kier alpha value is -0.930. The van der Waals surface area contributed by atoms with Crippen LogP contribution in [0.25, 0.3) is 0 Å². The molecule has 17 heavy (non-hydrogen) atoms. The lowest BCUT2D eigenvalue weighted by Gasteiger charge is -2.11. The number of carbonyl (C=O) groups excluding carboxylic acids is 1. The molecule has 0 saturated heterocycles. The van der Waals surface area contributed by atoms with Crippen molar-refractivity contribution >= 4 is 29.1 Å². The summed E-state index contributed by atoms with van der Waals surface area (Å²) < 4.78 is 0. The van der Waals surface area contributed by atoms with Crippen molar-refractivity contribution < 1.29 is 9.90 Å². The van der Waals surface area contributed by atoms with Gasteiger partial charge in [0.05, 0.1) is 5.56 Å². The minimum Gasteiger partial charge on any atom is -0.507 e. The predicted molar refractivity (Wildman–Crippen MR) is 70.0 cm³/mol. The number of carbonyl (C=O) groups is 1. The van der Waals surface area contributed by atoms with Gasteiger partial charge in [0.2, 0.25) is 0 Å². The summed E-state index contributed by atoms with van der Waals surface area (Å²) in [6.07, 6.45) is 0.842. The number of halogens is 2. The molecular formula is C12H15Cl2NO2. The molecule has 0 aliphatic rings. The molecule has 0 bridgehead atoms. The number of amides is 1. The lowest BCUT2D eigenvalue weighted by molar-refractivity contribution is 0.0945. The fraction of sp³-hybridized carbons (Fsp3) is 0.417. The van der Waals surface area contributed by atoms with Gasteiger partial charge >= 0.3 is 0 Å². The van der Waals surface area contributed by atoms with Gasteiger partial charge in [-0.15, -0.1) is 11.6 Å². The Morgan fingerprint density at radius 3 is 2.82 bits per heavy atom. The Bertz CT molecular complexity index is 396. The second kappa shape index (κ2) is 6.72. The van der Waals surface area contributed by atoms with Crippen LogP contribution in [0.2, 0.25) is 5.02 Å².